The van der Waals surface area contributed by atoms with Crippen molar-refractivity contribution in [1.29, 1.82) is 0 Å². The van der Waals surface area contributed by atoms with Crippen molar-refractivity contribution in [2.45, 2.75) is 13.0 Å². The molecule has 1 rings (SSSR count). The highest BCUT2D eigenvalue weighted by Gasteiger charge is 2.03. The van der Waals surface area contributed by atoms with Crippen LogP contribution in [0.5, 0.6) is 0 Å². The average Bonchev–Trinajstić information content (AvgIpc) is 2.17. The fraction of sp³-hybridized carbons (Fsp3) is 0.200. The minimum atomic E-state index is -0.320. The molecule has 0 saturated carbocycles. The first-order valence-corrected chi connectivity index (χ1v) is 4.84. The van der Waals surface area contributed by atoms with E-state index in [2.05, 4.69) is 5.18 Å². The summed E-state index contributed by atoms with van der Waals surface area (Å²) in [5, 5.41) is 2.93. The lowest BCUT2D eigenvalue weighted by molar-refractivity contribution is 0.811. The van der Waals surface area contributed by atoms with Gasteiger partial charge in [-0.2, -0.15) is 4.91 Å². The third-order valence-corrected chi connectivity index (χ3v) is 2.07. The molecule has 0 spiro atoms. The van der Waals surface area contributed by atoms with E-state index in [0.29, 0.717) is 0 Å². The second-order valence-electron chi connectivity index (χ2n) is 2.88. The summed E-state index contributed by atoms with van der Waals surface area (Å²) < 4.78 is 0.208. The van der Waals surface area contributed by atoms with E-state index in [-0.39, 0.29) is 10.5 Å². The molecule has 0 heterocycles. The van der Waals surface area contributed by atoms with Crippen molar-refractivity contribution in [2.24, 2.45) is 5.18 Å². The Hall–Kier alpha value is -0.860. The number of benzene rings is 1. The predicted octanol–water partition coefficient (Wildman–Crippen LogP) is 4.29. The Kier molecular flexibility index (Phi) is 4.11. The Balaban J connectivity index is 2.89. The van der Waals surface area contributed by atoms with E-state index in [1.54, 1.807) is 13.0 Å². The van der Waals surface area contributed by atoms with Gasteiger partial charge in [0.25, 0.3) is 0 Å². The van der Waals surface area contributed by atoms with Crippen molar-refractivity contribution in [3.63, 3.8) is 0 Å². The van der Waals surface area contributed by atoms with E-state index in [0.717, 1.165) is 11.1 Å². The van der Waals surface area contributed by atoms with E-state index in [1.165, 1.54) is 0 Å². The Morgan fingerprint density at radius 2 is 1.93 bits per heavy atom. The van der Waals surface area contributed by atoms with Gasteiger partial charge in [0, 0.05) is 0 Å². The van der Waals surface area contributed by atoms with E-state index >= 15 is 0 Å². The molecule has 0 aromatic heterocycles. The van der Waals surface area contributed by atoms with Crippen LogP contribution in [0.3, 0.4) is 0 Å². The Labute approximate surface area is 92.5 Å². The number of hydrogen-bond donors (Lipinski definition) is 0. The summed E-state index contributed by atoms with van der Waals surface area (Å²) >= 11 is 11.0. The third-order valence-electron chi connectivity index (χ3n) is 1.85. The smallest absolute Gasteiger partial charge is 0.114 e. The molecule has 0 N–H and O–H groups in total. The molecule has 2 nitrogen and oxygen atoms in total. The SMILES string of the molecule is CC(N=O)c1ccc(C=C(Cl)Cl)cc1. The average molecular weight is 230 g/mol. The summed E-state index contributed by atoms with van der Waals surface area (Å²) in [6.45, 7) is 1.74. The molecule has 0 saturated heterocycles. The van der Waals surface area contributed by atoms with Gasteiger partial charge in [0.05, 0.1) is 0 Å². The Morgan fingerprint density at radius 3 is 2.36 bits per heavy atom. The van der Waals surface area contributed by atoms with E-state index < -0.39 is 0 Å². The number of halogens is 2. The van der Waals surface area contributed by atoms with Crippen molar-refractivity contribution in [2.75, 3.05) is 0 Å². The van der Waals surface area contributed by atoms with Gasteiger partial charge in [0.2, 0.25) is 0 Å². The molecule has 0 aliphatic rings. The first-order chi connectivity index (χ1) is 6.63. The molecule has 4 heteroatoms. The molecule has 1 unspecified atom stereocenters. The number of nitroso groups, excluding NO2 is 1. The van der Waals surface area contributed by atoms with Crippen LogP contribution in [0.15, 0.2) is 33.9 Å². The standard InChI is InChI=1S/C10H9Cl2NO/c1-7(13-14)9-4-2-8(3-5-9)6-10(11)12/h2-7H,1H3. The first-order valence-electron chi connectivity index (χ1n) is 4.08. The lowest BCUT2D eigenvalue weighted by Crippen LogP contribution is -1.87. The van der Waals surface area contributed by atoms with Gasteiger partial charge in [-0.25, -0.2) is 0 Å². The molecule has 1 aromatic carbocycles. The van der Waals surface area contributed by atoms with E-state index in [9.17, 15) is 4.91 Å². The number of hydrogen-bond acceptors (Lipinski definition) is 2. The van der Waals surface area contributed by atoms with Crippen LogP contribution in [0.25, 0.3) is 6.08 Å². The highest BCUT2D eigenvalue weighted by molar-refractivity contribution is 6.57. The lowest BCUT2D eigenvalue weighted by atomic mass is 10.1. The molecule has 14 heavy (non-hydrogen) atoms. The molecule has 0 aliphatic heterocycles. The summed E-state index contributed by atoms with van der Waals surface area (Å²) in [4.78, 5) is 10.3. The van der Waals surface area contributed by atoms with Crippen LogP contribution in [0, 0.1) is 4.91 Å². The van der Waals surface area contributed by atoms with Gasteiger partial charge in [-0.3, -0.25) is 0 Å². The molecule has 0 aliphatic carbocycles. The third kappa shape index (κ3) is 3.13. The van der Waals surface area contributed by atoms with Gasteiger partial charge in [-0.1, -0.05) is 52.6 Å². The zero-order valence-electron chi connectivity index (χ0n) is 7.58. The molecule has 0 amide bonds. The maximum absolute atomic E-state index is 10.3. The molecule has 0 fully saturated rings. The fourth-order valence-corrected chi connectivity index (χ4v) is 1.31. The summed E-state index contributed by atoms with van der Waals surface area (Å²) in [5.41, 5.74) is 1.77. The minimum absolute atomic E-state index is 0.208. The zero-order chi connectivity index (χ0) is 10.6. The van der Waals surface area contributed by atoms with Crippen LogP contribution < -0.4 is 0 Å². The molecule has 1 atom stereocenters. The largest absolute Gasteiger partial charge is 0.150 e. The zero-order valence-corrected chi connectivity index (χ0v) is 9.09. The first kappa shape index (κ1) is 11.2. The van der Waals surface area contributed by atoms with Crippen LogP contribution in [0.4, 0.5) is 0 Å². The molecular weight excluding hydrogens is 221 g/mol. The summed E-state index contributed by atoms with van der Waals surface area (Å²) in [6, 6.07) is 7.01. The van der Waals surface area contributed by atoms with Crippen LogP contribution in [-0.4, -0.2) is 0 Å². The van der Waals surface area contributed by atoms with Crippen LogP contribution in [0.1, 0.15) is 24.1 Å². The lowest BCUT2D eigenvalue weighted by Gasteiger charge is -2.02. The second-order valence-corrected chi connectivity index (χ2v) is 3.89. The Bertz CT molecular complexity index is 342. The summed E-state index contributed by atoms with van der Waals surface area (Å²) in [6.07, 6.45) is 1.63. The van der Waals surface area contributed by atoms with Gasteiger partial charge in [0.1, 0.15) is 10.5 Å². The van der Waals surface area contributed by atoms with Crippen LogP contribution in [-0.2, 0) is 0 Å². The Morgan fingerprint density at radius 1 is 1.36 bits per heavy atom. The van der Waals surface area contributed by atoms with Crippen LogP contribution in [0.2, 0.25) is 0 Å². The normalized spacial score (nSPS) is 11.9. The highest BCUT2D eigenvalue weighted by Crippen LogP contribution is 2.19. The molecule has 74 valence electrons. The summed E-state index contributed by atoms with van der Waals surface area (Å²) in [7, 11) is 0. The highest BCUT2D eigenvalue weighted by atomic mass is 35.5. The molecule has 0 bridgehead atoms. The maximum Gasteiger partial charge on any atom is 0.114 e. The fourth-order valence-electron chi connectivity index (χ4n) is 1.06. The molecule has 0 radical (unpaired) electrons. The van der Waals surface area contributed by atoms with Gasteiger partial charge >= 0.3 is 0 Å². The number of nitrogens with zero attached hydrogens (tertiary/aromatic N) is 1. The molecular formula is C10H9Cl2NO. The van der Waals surface area contributed by atoms with Gasteiger partial charge < -0.3 is 0 Å². The summed E-state index contributed by atoms with van der Waals surface area (Å²) in [5.74, 6) is 0. The minimum Gasteiger partial charge on any atom is -0.150 e. The number of rotatable bonds is 3. The maximum atomic E-state index is 10.3. The van der Waals surface area contributed by atoms with Crippen molar-refractivity contribution in [1.82, 2.24) is 0 Å². The topological polar surface area (TPSA) is 29.4 Å². The van der Waals surface area contributed by atoms with E-state index in [4.69, 9.17) is 23.2 Å². The van der Waals surface area contributed by atoms with Crippen molar-refractivity contribution in [3.05, 3.63) is 44.8 Å². The van der Waals surface area contributed by atoms with Crippen LogP contribution >= 0.6 is 23.2 Å². The van der Waals surface area contributed by atoms with Crippen molar-refractivity contribution < 1.29 is 0 Å². The van der Waals surface area contributed by atoms with Gasteiger partial charge in [-0.15, -0.1) is 0 Å². The monoisotopic (exact) mass is 229 g/mol. The van der Waals surface area contributed by atoms with Crippen molar-refractivity contribution >= 4 is 29.3 Å². The predicted molar refractivity (Wildman–Crippen MR) is 60.3 cm³/mol. The second kappa shape index (κ2) is 5.13. The van der Waals surface area contributed by atoms with Gasteiger partial charge in [0.15, 0.2) is 0 Å². The quantitative estimate of drug-likeness (QED) is 0.712. The molecule has 1 aromatic rings. The van der Waals surface area contributed by atoms with E-state index in [1.807, 2.05) is 24.3 Å². The van der Waals surface area contributed by atoms with Crippen molar-refractivity contribution in [3.8, 4) is 0 Å². The van der Waals surface area contributed by atoms with Gasteiger partial charge in [-0.05, 0) is 24.1 Å².